The third-order valence-corrected chi connectivity index (χ3v) is 4.02. The molecule has 24 heavy (non-hydrogen) atoms. The first-order valence-electron chi connectivity index (χ1n) is 8.58. The van der Waals surface area contributed by atoms with Crippen LogP contribution in [0.1, 0.15) is 38.5 Å². The summed E-state index contributed by atoms with van der Waals surface area (Å²) in [6.07, 6.45) is 4.71. The Labute approximate surface area is 142 Å². The van der Waals surface area contributed by atoms with E-state index in [1.54, 1.807) is 12.1 Å². The molecule has 1 N–H and O–H groups in total. The lowest BCUT2D eigenvalue weighted by molar-refractivity contribution is -0.130. The molecule has 0 bridgehead atoms. The Bertz CT molecular complexity index is 551. The quantitative estimate of drug-likeness (QED) is 0.742. The van der Waals surface area contributed by atoms with E-state index in [9.17, 15) is 14.0 Å². The molecule has 0 aliphatic carbocycles. The van der Waals surface area contributed by atoms with Crippen LogP contribution in [0.5, 0.6) is 5.75 Å². The highest BCUT2D eigenvalue weighted by molar-refractivity contribution is 5.76. The predicted molar refractivity (Wildman–Crippen MR) is 89.2 cm³/mol. The second kappa shape index (κ2) is 9.90. The van der Waals surface area contributed by atoms with Gasteiger partial charge >= 0.3 is 0 Å². The molecule has 1 aliphatic heterocycles. The topological polar surface area (TPSA) is 58.6 Å². The monoisotopic (exact) mass is 336 g/mol. The maximum atomic E-state index is 13.3. The zero-order valence-electron chi connectivity index (χ0n) is 13.9. The molecule has 0 aromatic heterocycles. The number of hydrogen-bond donors (Lipinski definition) is 1. The largest absolute Gasteiger partial charge is 0.490 e. The van der Waals surface area contributed by atoms with Crippen LogP contribution < -0.4 is 10.1 Å². The highest BCUT2D eigenvalue weighted by atomic mass is 19.1. The van der Waals surface area contributed by atoms with E-state index in [1.165, 1.54) is 12.1 Å². The number of halogens is 1. The maximum absolute atomic E-state index is 13.3. The molecule has 1 aromatic carbocycles. The van der Waals surface area contributed by atoms with E-state index >= 15 is 0 Å². The van der Waals surface area contributed by atoms with Crippen molar-refractivity contribution in [2.24, 2.45) is 0 Å². The van der Waals surface area contributed by atoms with E-state index in [4.69, 9.17) is 4.74 Å². The second-order valence-corrected chi connectivity index (χ2v) is 5.92. The van der Waals surface area contributed by atoms with Gasteiger partial charge < -0.3 is 15.0 Å². The van der Waals surface area contributed by atoms with Crippen LogP contribution in [0, 0.1) is 5.82 Å². The summed E-state index contributed by atoms with van der Waals surface area (Å²) in [7, 11) is 0. The molecule has 5 nitrogen and oxygen atoms in total. The van der Waals surface area contributed by atoms with Crippen LogP contribution in [-0.4, -0.2) is 43.0 Å². The molecule has 1 saturated heterocycles. The van der Waals surface area contributed by atoms with Crippen molar-refractivity contribution in [3.05, 3.63) is 30.1 Å². The molecule has 1 heterocycles. The molecule has 1 fully saturated rings. The number of benzene rings is 1. The zero-order chi connectivity index (χ0) is 17.2. The SMILES string of the molecule is O=C(CCOc1ccccc1F)NCCCN1CCCCCC1=O. The summed E-state index contributed by atoms with van der Waals surface area (Å²) in [6, 6.07) is 6.12. The molecule has 2 rings (SSSR count). The smallest absolute Gasteiger partial charge is 0.223 e. The summed E-state index contributed by atoms with van der Waals surface area (Å²) in [5.41, 5.74) is 0. The van der Waals surface area contributed by atoms with Gasteiger partial charge in [-0.1, -0.05) is 18.6 Å². The number of likely N-dealkylation sites (tertiary alicyclic amines) is 1. The standard InChI is InChI=1S/C18H25FN2O3/c19-15-7-3-4-8-16(15)24-14-10-17(22)20-11-6-13-21-12-5-1-2-9-18(21)23/h3-4,7-8H,1-2,5-6,9-14H2,(H,20,22). The minimum Gasteiger partial charge on any atom is -0.490 e. The fourth-order valence-electron chi connectivity index (χ4n) is 2.68. The first-order chi connectivity index (χ1) is 11.7. The molecule has 0 unspecified atom stereocenters. The molecule has 6 heteroatoms. The van der Waals surface area contributed by atoms with Gasteiger partial charge in [-0.05, 0) is 31.4 Å². The van der Waals surface area contributed by atoms with Crippen LogP contribution in [-0.2, 0) is 9.59 Å². The van der Waals surface area contributed by atoms with Gasteiger partial charge in [0, 0.05) is 26.1 Å². The normalized spacial score (nSPS) is 15.0. The number of ether oxygens (including phenoxy) is 1. The summed E-state index contributed by atoms with van der Waals surface area (Å²) in [4.78, 5) is 25.4. The van der Waals surface area contributed by atoms with Crippen molar-refractivity contribution in [2.75, 3.05) is 26.2 Å². The Hall–Kier alpha value is -2.11. The minimum absolute atomic E-state index is 0.131. The number of nitrogens with zero attached hydrogens (tertiary/aromatic N) is 1. The maximum Gasteiger partial charge on any atom is 0.223 e. The average Bonchev–Trinajstić information content (AvgIpc) is 2.78. The lowest BCUT2D eigenvalue weighted by atomic mass is 10.2. The molecular weight excluding hydrogens is 311 g/mol. The lowest BCUT2D eigenvalue weighted by Gasteiger charge is -2.20. The van der Waals surface area contributed by atoms with Crippen molar-refractivity contribution in [3.63, 3.8) is 0 Å². The van der Waals surface area contributed by atoms with Gasteiger partial charge in [0.2, 0.25) is 11.8 Å². The van der Waals surface area contributed by atoms with Gasteiger partial charge in [-0.3, -0.25) is 9.59 Å². The number of rotatable bonds is 8. The van der Waals surface area contributed by atoms with Crippen LogP contribution in [0.25, 0.3) is 0 Å². The Balaban J connectivity index is 1.56. The third kappa shape index (κ3) is 6.18. The number of carbonyl (C=O) groups is 2. The molecular formula is C18H25FN2O3. The highest BCUT2D eigenvalue weighted by Crippen LogP contribution is 2.15. The van der Waals surface area contributed by atoms with Crippen LogP contribution in [0.4, 0.5) is 4.39 Å². The first kappa shape index (κ1) is 18.2. The molecule has 2 amide bonds. The van der Waals surface area contributed by atoms with Crippen LogP contribution in [0.2, 0.25) is 0 Å². The molecule has 0 radical (unpaired) electrons. The third-order valence-electron chi connectivity index (χ3n) is 4.02. The molecule has 0 atom stereocenters. The predicted octanol–water partition coefficient (Wildman–Crippen LogP) is 2.50. The van der Waals surface area contributed by atoms with Crippen molar-refractivity contribution in [3.8, 4) is 5.75 Å². The Morgan fingerprint density at radius 3 is 2.92 bits per heavy atom. The minimum atomic E-state index is -0.431. The van der Waals surface area contributed by atoms with E-state index < -0.39 is 5.82 Å². The number of carbonyl (C=O) groups excluding carboxylic acids is 2. The van der Waals surface area contributed by atoms with E-state index in [-0.39, 0.29) is 30.6 Å². The lowest BCUT2D eigenvalue weighted by Crippen LogP contribution is -2.34. The van der Waals surface area contributed by atoms with Gasteiger partial charge in [0.15, 0.2) is 11.6 Å². The number of nitrogens with one attached hydrogen (secondary N) is 1. The van der Waals surface area contributed by atoms with Crippen molar-refractivity contribution in [1.82, 2.24) is 10.2 Å². The molecule has 0 saturated carbocycles. The summed E-state index contributed by atoms with van der Waals surface area (Å²) in [5.74, 6) is -0.185. The van der Waals surface area contributed by atoms with E-state index in [2.05, 4.69) is 5.32 Å². The zero-order valence-corrected chi connectivity index (χ0v) is 13.9. The summed E-state index contributed by atoms with van der Waals surface area (Å²) < 4.78 is 18.6. The van der Waals surface area contributed by atoms with Gasteiger partial charge in [0.05, 0.1) is 13.0 Å². The highest BCUT2D eigenvalue weighted by Gasteiger charge is 2.15. The molecule has 0 spiro atoms. The Kier molecular flexibility index (Phi) is 7.52. The fourth-order valence-corrected chi connectivity index (χ4v) is 2.68. The Morgan fingerprint density at radius 1 is 1.25 bits per heavy atom. The fraction of sp³-hybridized carbons (Fsp3) is 0.556. The van der Waals surface area contributed by atoms with Crippen molar-refractivity contribution in [1.29, 1.82) is 0 Å². The molecule has 1 aromatic rings. The number of para-hydroxylation sites is 1. The number of amides is 2. The van der Waals surface area contributed by atoms with Crippen LogP contribution in [0.3, 0.4) is 0 Å². The van der Waals surface area contributed by atoms with E-state index in [0.29, 0.717) is 19.5 Å². The van der Waals surface area contributed by atoms with Gasteiger partial charge in [0.1, 0.15) is 0 Å². The van der Waals surface area contributed by atoms with Crippen molar-refractivity contribution < 1.29 is 18.7 Å². The van der Waals surface area contributed by atoms with Gasteiger partial charge in [-0.2, -0.15) is 0 Å². The van der Waals surface area contributed by atoms with Crippen molar-refractivity contribution in [2.45, 2.75) is 38.5 Å². The van der Waals surface area contributed by atoms with Gasteiger partial charge in [-0.25, -0.2) is 4.39 Å². The summed E-state index contributed by atoms with van der Waals surface area (Å²) in [5, 5.41) is 2.80. The van der Waals surface area contributed by atoms with Crippen LogP contribution in [0.15, 0.2) is 24.3 Å². The van der Waals surface area contributed by atoms with E-state index in [1.807, 2.05) is 4.90 Å². The number of hydrogen-bond acceptors (Lipinski definition) is 3. The molecule has 132 valence electrons. The van der Waals surface area contributed by atoms with Crippen LogP contribution >= 0.6 is 0 Å². The summed E-state index contributed by atoms with van der Waals surface area (Å²) >= 11 is 0. The second-order valence-electron chi connectivity index (χ2n) is 5.92. The van der Waals surface area contributed by atoms with Gasteiger partial charge in [0.25, 0.3) is 0 Å². The molecule has 1 aliphatic rings. The average molecular weight is 336 g/mol. The van der Waals surface area contributed by atoms with Crippen molar-refractivity contribution >= 4 is 11.8 Å². The first-order valence-corrected chi connectivity index (χ1v) is 8.58. The Morgan fingerprint density at radius 2 is 2.08 bits per heavy atom. The van der Waals surface area contributed by atoms with Gasteiger partial charge in [-0.15, -0.1) is 0 Å². The summed E-state index contributed by atoms with van der Waals surface area (Å²) in [6.45, 7) is 2.17. The van der Waals surface area contributed by atoms with E-state index in [0.717, 1.165) is 32.2 Å².